The molecule has 0 aliphatic heterocycles. The molecule has 0 saturated heterocycles. The minimum absolute atomic E-state index is 0.0356. The van der Waals surface area contributed by atoms with Gasteiger partial charge in [-0.2, -0.15) is 0 Å². The summed E-state index contributed by atoms with van der Waals surface area (Å²) in [6.45, 7) is 1.96. The van der Waals surface area contributed by atoms with Crippen LogP contribution < -0.4 is 5.32 Å². The molecule has 86 valence electrons. The van der Waals surface area contributed by atoms with Crippen LogP contribution in [-0.4, -0.2) is 23.3 Å². The summed E-state index contributed by atoms with van der Waals surface area (Å²) in [6.07, 6.45) is 1.08. The molecule has 4 heteroatoms. The summed E-state index contributed by atoms with van der Waals surface area (Å²) in [5.74, 6) is -0.245. The molecule has 1 amide bonds. The Morgan fingerprint density at radius 1 is 1.31 bits per heavy atom. The Kier molecular flexibility index (Phi) is 4.51. The van der Waals surface area contributed by atoms with Gasteiger partial charge in [-0.05, 0) is 25.5 Å². The van der Waals surface area contributed by atoms with Crippen molar-refractivity contribution in [2.75, 3.05) is 6.54 Å². The van der Waals surface area contributed by atoms with Crippen LogP contribution in [0.3, 0.4) is 0 Å². The first-order valence-electron chi connectivity index (χ1n) is 5.17. The summed E-state index contributed by atoms with van der Waals surface area (Å²) in [6, 6.07) is 6.35. The molecule has 0 atom stereocenters. The number of amides is 1. The second kappa shape index (κ2) is 5.90. The lowest BCUT2D eigenvalue weighted by molar-refractivity contribution is -0.117. The minimum atomic E-state index is -0.318. The smallest absolute Gasteiger partial charge is 0.255 e. The van der Waals surface area contributed by atoms with Gasteiger partial charge in [-0.25, -0.2) is 0 Å². The molecular formula is C12H15NO3. The fraction of sp³-hybridized carbons (Fsp3) is 0.333. The van der Waals surface area contributed by atoms with E-state index in [1.54, 1.807) is 18.2 Å². The summed E-state index contributed by atoms with van der Waals surface area (Å²) in [5, 5.41) is 12.1. The van der Waals surface area contributed by atoms with Gasteiger partial charge in [0.25, 0.3) is 5.91 Å². The van der Waals surface area contributed by atoms with E-state index in [9.17, 15) is 14.7 Å². The van der Waals surface area contributed by atoms with Crippen LogP contribution in [0.4, 0.5) is 0 Å². The molecule has 1 aromatic rings. The Morgan fingerprint density at radius 3 is 2.62 bits per heavy atom. The summed E-state index contributed by atoms with van der Waals surface area (Å²) < 4.78 is 0. The standard InChI is InChI=1S/C12H15NO3/c1-9(14)5-4-8-13-12(16)10-6-2-3-7-11(10)15/h2-3,6-7,15H,4-5,8H2,1H3,(H,13,16). The Hall–Kier alpha value is -1.84. The van der Waals surface area contributed by atoms with Crippen molar-refractivity contribution in [1.29, 1.82) is 0 Å². The van der Waals surface area contributed by atoms with E-state index >= 15 is 0 Å². The molecule has 0 heterocycles. The van der Waals surface area contributed by atoms with Gasteiger partial charge in [0, 0.05) is 13.0 Å². The number of carbonyl (C=O) groups is 2. The van der Waals surface area contributed by atoms with Crippen LogP contribution >= 0.6 is 0 Å². The van der Waals surface area contributed by atoms with Crippen LogP contribution in [-0.2, 0) is 4.79 Å². The quantitative estimate of drug-likeness (QED) is 0.740. The van der Waals surface area contributed by atoms with E-state index in [4.69, 9.17) is 0 Å². The molecule has 2 N–H and O–H groups in total. The topological polar surface area (TPSA) is 66.4 Å². The van der Waals surface area contributed by atoms with E-state index in [1.807, 2.05) is 0 Å². The van der Waals surface area contributed by atoms with Gasteiger partial charge in [0.1, 0.15) is 11.5 Å². The van der Waals surface area contributed by atoms with Crippen molar-refractivity contribution in [2.45, 2.75) is 19.8 Å². The molecule has 0 aliphatic carbocycles. The van der Waals surface area contributed by atoms with Crippen LogP contribution in [0.25, 0.3) is 0 Å². The van der Waals surface area contributed by atoms with Gasteiger partial charge >= 0.3 is 0 Å². The normalized spacial score (nSPS) is 9.81. The Balaban J connectivity index is 2.41. The number of ketones is 1. The largest absolute Gasteiger partial charge is 0.507 e. The number of nitrogens with one attached hydrogen (secondary N) is 1. The van der Waals surface area contributed by atoms with Crippen molar-refractivity contribution in [3.05, 3.63) is 29.8 Å². The summed E-state index contributed by atoms with van der Waals surface area (Å²) >= 11 is 0. The maximum Gasteiger partial charge on any atom is 0.255 e. The first-order chi connectivity index (χ1) is 7.61. The highest BCUT2D eigenvalue weighted by molar-refractivity contribution is 5.96. The molecule has 0 saturated carbocycles. The van der Waals surface area contributed by atoms with Crippen LogP contribution in [0.15, 0.2) is 24.3 Å². The molecule has 0 bridgehead atoms. The predicted molar refractivity (Wildman–Crippen MR) is 60.4 cm³/mol. The number of aromatic hydroxyl groups is 1. The van der Waals surface area contributed by atoms with Gasteiger partial charge in [-0.1, -0.05) is 12.1 Å². The Labute approximate surface area is 94.3 Å². The van der Waals surface area contributed by atoms with E-state index < -0.39 is 0 Å². The summed E-state index contributed by atoms with van der Waals surface area (Å²) in [7, 11) is 0. The zero-order chi connectivity index (χ0) is 12.0. The van der Waals surface area contributed by atoms with Crippen molar-refractivity contribution in [3.63, 3.8) is 0 Å². The number of phenolic OH excluding ortho intramolecular Hbond substituents is 1. The predicted octanol–water partition coefficient (Wildman–Crippen LogP) is 1.49. The molecule has 4 nitrogen and oxygen atoms in total. The molecule has 0 unspecified atom stereocenters. The van der Waals surface area contributed by atoms with Gasteiger partial charge in [0.15, 0.2) is 0 Å². The van der Waals surface area contributed by atoms with E-state index in [1.165, 1.54) is 13.0 Å². The Morgan fingerprint density at radius 2 is 2.00 bits per heavy atom. The van der Waals surface area contributed by atoms with Crippen molar-refractivity contribution in [2.24, 2.45) is 0 Å². The SMILES string of the molecule is CC(=O)CCCNC(=O)c1ccccc1O. The summed E-state index contributed by atoms with van der Waals surface area (Å²) in [4.78, 5) is 22.2. The highest BCUT2D eigenvalue weighted by atomic mass is 16.3. The molecule has 1 rings (SSSR count). The van der Waals surface area contributed by atoms with Crippen molar-refractivity contribution in [1.82, 2.24) is 5.32 Å². The van der Waals surface area contributed by atoms with Crippen molar-refractivity contribution in [3.8, 4) is 5.75 Å². The second-order valence-corrected chi connectivity index (χ2v) is 3.58. The average Bonchev–Trinajstić information content (AvgIpc) is 2.24. The molecule has 0 radical (unpaired) electrons. The van der Waals surface area contributed by atoms with Crippen LogP contribution in [0.1, 0.15) is 30.1 Å². The lowest BCUT2D eigenvalue weighted by Gasteiger charge is -2.05. The number of hydrogen-bond acceptors (Lipinski definition) is 3. The third-order valence-corrected chi connectivity index (χ3v) is 2.14. The van der Waals surface area contributed by atoms with Gasteiger partial charge < -0.3 is 15.2 Å². The number of Topliss-reactive ketones (excluding diaryl/α,β-unsaturated/α-hetero) is 1. The van der Waals surface area contributed by atoms with Gasteiger partial charge in [-0.15, -0.1) is 0 Å². The number of rotatable bonds is 5. The number of carbonyl (C=O) groups excluding carboxylic acids is 2. The lowest BCUT2D eigenvalue weighted by atomic mass is 10.2. The maximum absolute atomic E-state index is 11.6. The fourth-order valence-electron chi connectivity index (χ4n) is 1.30. The molecule has 0 spiro atoms. The Bertz CT molecular complexity index is 388. The van der Waals surface area contributed by atoms with E-state index in [0.29, 0.717) is 19.4 Å². The van der Waals surface area contributed by atoms with Gasteiger partial charge in [-0.3, -0.25) is 4.79 Å². The van der Waals surface area contributed by atoms with Gasteiger partial charge in [0.2, 0.25) is 0 Å². The molecular weight excluding hydrogens is 206 g/mol. The summed E-state index contributed by atoms with van der Waals surface area (Å²) in [5.41, 5.74) is 0.255. The molecule has 0 fully saturated rings. The van der Waals surface area contributed by atoms with Gasteiger partial charge in [0.05, 0.1) is 5.56 Å². The lowest BCUT2D eigenvalue weighted by Crippen LogP contribution is -2.24. The second-order valence-electron chi connectivity index (χ2n) is 3.58. The first-order valence-corrected chi connectivity index (χ1v) is 5.17. The van der Waals surface area contributed by atoms with Crippen LogP contribution in [0.5, 0.6) is 5.75 Å². The molecule has 0 aliphatic rings. The highest BCUT2D eigenvalue weighted by Crippen LogP contribution is 2.14. The molecule has 16 heavy (non-hydrogen) atoms. The van der Waals surface area contributed by atoms with E-state index in [2.05, 4.69) is 5.32 Å². The van der Waals surface area contributed by atoms with Crippen LogP contribution in [0, 0.1) is 0 Å². The third-order valence-electron chi connectivity index (χ3n) is 2.14. The average molecular weight is 221 g/mol. The fourth-order valence-corrected chi connectivity index (χ4v) is 1.30. The number of phenols is 1. The monoisotopic (exact) mass is 221 g/mol. The first kappa shape index (κ1) is 12.2. The highest BCUT2D eigenvalue weighted by Gasteiger charge is 2.08. The zero-order valence-corrected chi connectivity index (χ0v) is 9.19. The van der Waals surface area contributed by atoms with Crippen molar-refractivity contribution < 1.29 is 14.7 Å². The number of hydrogen-bond donors (Lipinski definition) is 2. The van der Waals surface area contributed by atoms with Crippen LogP contribution in [0.2, 0.25) is 0 Å². The number of benzene rings is 1. The molecule has 1 aromatic carbocycles. The zero-order valence-electron chi connectivity index (χ0n) is 9.19. The van der Waals surface area contributed by atoms with E-state index in [-0.39, 0.29) is 23.0 Å². The maximum atomic E-state index is 11.6. The third kappa shape index (κ3) is 3.73. The van der Waals surface area contributed by atoms with Crippen molar-refractivity contribution >= 4 is 11.7 Å². The molecule has 0 aromatic heterocycles. The minimum Gasteiger partial charge on any atom is -0.507 e. The number of para-hydroxylation sites is 1. The van der Waals surface area contributed by atoms with E-state index in [0.717, 1.165) is 0 Å².